The molecule has 78 valence electrons. The number of hydrogen-bond donors (Lipinski definition) is 1. The van der Waals surface area contributed by atoms with E-state index in [0.717, 1.165) is 0 Å². The van der Waals surface area contributed by atoms with E-state index in [2.05, 4.69) is 18.5 Å². The zero-order chi connectivity index (χ0) is 11.3. The molecule has 0 aromatic rings. The molecule has 15 heavy (non-hydrogen) atoms. The smallest absolute Gasteiger partial charge is 0.202 e. The standard InChI is InChI=1S/C12H13NO2/c1-3-5-9-10(14)6-7-11(15)12(9)13-8-4-2/h3-4,6-7,13H,1-2,5,8H2. The Morgan fingerprint density at radius 1 is 1.13 bits per heavy atom. The quantitative estimate of drug-likeness (QED) is 0.541. The van der Waals surface area contributed by atoms with Gasteiger partial charge in [-0.2, -0.15) is 0 Å². The minimum Gasteiger partial charge on any atom is -0.378 e. The third-order valence-electron chi connectivity index (χ3n) is 2.00. The summed E-state index contributed by atoms with van der Waals surface area (Å²) in [6.07, 6.45) is 6.21. The van der Waals surface area contributed by atoms with Gasteiger partial charge in [0.15, 0.2) is 5.78 Å². The van der Waals surface area contributed by atoms with Crippen LogP contribution in [0.1, 0.15) is 6.42 Å². The van der Waals surface area contributed by atoms with Crippen LogP contribution in [0.5, 0.6) is 0 Å². The van der Waals surface area contributed by atoms with Crippen LogP contribution in [0.25, 0.3) is 0 Å². The van der Waals surface area contributed by atoms with E-state index in [4.69, 9.17) is 0 Å². The van der Waals surface area contributed by atoms with Crippen molar-refractivity contribution >= 4 is 11.6 Å². The molecule has 1 N–H and O–H groups in total. The zero-order valence-electron chi connectivity index (χ0n) is 8.45. The van der Waals surface area contributed by atoms with Crippen LogP contribution in [0, 0.1) is 0 Å². The van der Waals surface area contributed by atoms with Crippen LogP contribution in [-0.4, -0.2) is 18.1 Å². The van der Waals surface area contributed by atoms with Crippen molar-refractivity contribution in [2.75, 3.05) is 6.54 Å². The van der Waals surface area contributed by atoms with Crippen LogP contribution in [0.2, 0.25) is 0 Å². The Morgan fingerprint density at radius 3 is 2.40 bits per heavy atom. The molecule has 0 spiro atoms. The first-order valence-corrected chi connectivity index (χ1v) is 4.66. The van der Waals surface area contributed by atoms with Crippen LogP contribution in [0.3, 0.4) is 0 Å². The van der Waals surface area contributed by atoms with Crippen molar-refractivity contribution in [2.24, 2.45) is 0 Å². The van der Waals surface area contributed by atoms with E-state index in [1.807, 2.05) is 0 Å². The van der Waals surface area contributed by atoms with Gasteiger partial charge in [0.25, 0.3) is 0 Å². The van der Waals surface area contributed by atoms with E-state index >= 15 is 0 Å². The molecular weight excluding hydrogens is 190 g/mol. The predicted molar refractivity (Wildman–Crippen MR) is 59.2 cm³/mol. The second-order valence-electron chi connectivity index (χ2n) is 3.08. The minimum absolute atomic E-state index is 0.138. The third-order valence-corrected chi connectivity index (χ3v) is 2.00. The Labute approximate surface area is 88.9 Å². The fourth-order valence-corrected chi connectivity index (χ4v) is 1.32. The van der Waals surface area contributed by atoms with E-state index in [-0.39, 0.29) is 11.6 Å². The van der Waals surface area contributed by atoms with Gasteiger partial charge < -0.3 is 5.32 Å². The maximum absolute atomic E-state index is 11.5. The summed E-state index contributed by atoms with van der Waals surface area (Å²) in [7, 11) is 0. The maximum atomic E-state index is 11.5. The van der Waals surface area contributed by atoms with Crippen molar-refractivity contribution in [1.29, 1.82) is 0 Å². The first-order valence-electron chi connectivity index (χ1n) is 4.66. The Kier molecular flexibility index (Phi) is 3.80. The maximum Gasteiger partial charge on any atom is 0.202 e. The monoisotopic (exact) mass is 203 g/mol. The third kappa shape index (κ3) is 2.53. The lowest BCUT2D eigenvalue weighted by Gasteiger charge is -2.14. The minimum atomic E-state index is -0.173. The number of allylic oxidation sites excluding steroid dienone is 4. The summed E-state index contributed by atoms with van der Waals surface area (Å²) in [6, 6.07) is 0. The van der Waals surface area contributed by atoms with Crippen LogP contribution >= 0.6 is 0 Å². The van der Waals surface area contributed by atoms with Crippen molar-refractivity contribution in [2.45, 2.75) is 6.42 Å². The van der Waals surface area contributed by atoms with Crippen molar-refractivity contribution in [3.05, 3.63) is 48.7 Å². The summed E-state index contributed by atoms with van der Waals surface area (Å²) < 4.78 is 0. The van der Waals surface area contributed by atoms with E-state index < -0.39 is 0 Å². The van der Waals surface area contributed by atoms with Crippen LogP contribution in [-0.2, 0) is 9.59 Å². The highest BCUT2D eigenvalue weighted by molar-refractivity contribution is 6.19. The molecular formula is C12H13NO2. The van der Waals surface area contributed by atoms with Gasteiger partial charge in [-0.05, 0) is 18.6 Å². The van der Waals surface area contributed by atoms with Crippen molar-refractivity contribution < 1.29 is 9.59 Å². The van der Waals surface area contributed by atoms with Gasteiger partial charge in [0, 0.05) is 12.1 Å². The van der Waals surface area contributed by atoms with Crippen molar-refractivity contribution in [3.63, 3.8) is 0 Å². The summed E-state index contributed by atoms with van der Waals surface area (Å²) >= 11 is 0. The van der Waals surface area contributed by atoms with Gasteiger partial charge in [0.05, 0.1) is 5.70 Å². The summed E-state index contributed by atoms with van der Waals surface area (Å²) in [6.45, 7) is 7.56. The Hall–Kier alpha value is -1.90. The first-order chi connectivity index (χ1) is 7.20. The molecule has 0 bridgehead atoms. The summed E-state index contributed by atoms with van der Waals surface area (Å²) in [4.78, 5) is 23.0. The molecule has 3 nitrogen and oxygen atoms in total. The molecule has 0 saturated carbocycles. The highest BCUT2D eigenvalue weighted by Gasteiger charge is 2.20. The molecule has 0 amide bonds. The molecule has 1 aliphatic carbocycles. The second-order valence-corrected chi connectivity index (χ2v) is 3.08. The van der Waals surface area contributed by atoms with Gasteiger partial charge in [0.2, 0.25) is 5.78 Å². The Bertz CT molecular complexity index is 375. The number of carbonyl (C=O) groups is 2. The first kappa shape index (κ1) is 11.2. The van der Waals surface area contributed by atoms with Crippen molar-refractivity contribution in [1.82, 2.24) is 5.32 Å². The van der Waals surface area contributed by atoms with Gasteiger partial charge in [0.1, 0.15) is 0 Å². The van der Waals surface area contributed by atoms with Gasteiger partial charge in [-0.1, -0.05) is 12.2 Å². The SMILES string of the molecule is C=CCNC1=C(CC=C)C(=O)C=CC1=O. The van der Waals surface area contributed by atoms with E-state index in [1.165, 1.54) is 12.2 Å². The second kappa shape index (κ2) is 5.10. The van der Waals surface area contributed by atoms with Gasteiger partial charge in [-0.15, -0.1) is 13.2 Å². The summed E-state index contributed by atoms with van der Waals surface area (Å²) in [5, 5.41) is 2.88. The van der Waals surface area contributed by atoms with E-state index in [9.17, 15) is 9.59 Å². The lowest BCUT2D eigenvalue weighted by molar-refractivity contribution is -0.115. The normalized spacial score (nSPS) is 15.5. The average Bonchev–Trinajstić information content (AvgIpc) is 2.23. The highest BCUT2D eigenvalue weighted by Crippen LogP contribution is 2.15. The molecule has 0 atom stereocenters. The Balaban J connectivity index is 3.00. The van der Waals surface area contributed by atoms with Gasteiger partial charge in [-0.3, -0.25) is 9.59 Å². The Morgan fingerprint density at radius 2 is 1.80 bits per heavy atom. The van der Waals surface area contributed by atoms with Crippen LogP contribution < -0.4 is 5.32 Å². The number of nitrogens with one attached hydrogen (secondary N) is 1. The molecule has 1 aliphatic rings. The van der Waals surface area contributed by atoms with Crippen molar-refractivity contribution in [3.8, 4) is 0 Å². The lowest BCUT2D eigenvalue weighted by Crippen LogP contribution is -2.26. The molecule has 0 fully saturated rings. The fourth-order valence-electron chi connectivity index (χ4n) is 1.32. The van der Waals surface area contributed by atoms with Crippen LogP contribution in [0.15, 0.2) is 48.7 Å². The largest absolute Gasteiger partial charge is 0.378 e. The number of hydrogen-bond acceptors (Lipinski definition) is 3. The van der Waals surface area contributed by atoms with Crippen LogP contribution in [0.4, 0.5) is 0 Å². The molecule has 0 aromatic carbocycles. The molecule has 0 radical (unpaired) electrons. The fraction of sp³-hybridized carbons (Fsp3) is 0.167. The molecule has 0 aliphatic heterocycles. The molecule has 1 rings (SSSR count). The number of ketones is 2. The number of rotatable bonds is 5. The predicted octanol–water partition coefficient (Wildman–Crippen LogP) is 1.30. The van der Waals surface area contributed by atoms with Gasteiger partial charge in [-0.25, -0.2) is 0 Å². The lowest BCUT2D eigenvalue weighted by atomic mass is 9.97. The summed E-state index contributed by atoms with van der Waals surface area (Å²) in [5.41, 5.74) is 0.835. The van der Waals surface area contributed by atoms with E-state index in [1.54, 1.807) is 12.2 Å². The molecule has 0 unspecified atom stereocenters. The number of carbonyl (C=O) groups excluding carboxylic acids is 2. The van der Waals surface area contributed by atoms with Gasteiger partial charge >= 0.3 is 0 Å². The average molecular weight is 203 g/mol. The molecule has 0 heterocycles. The molecule has 0 aromatic heterocycles. The topological polar surface area (TPSA) is 46.2 Å². The molecule has 0 saturated heterocycles. The molecule has 3 heteroatoms. The van der Waals surface area contributed by atoms with E-state index in [0.29, 0.717) is 24.2 Å². The summed E-state index contributed by atoms with van der Waals surface area (Å²) in [5.74, 6) is -0.311. The highest BCUT2D eigenvalue weighted by atomic mass is 16.1. The zero-order valence-corrected chi connectivity index (χ0v) is 8.45.